The number of amides is 1. The predicted molar refractivity (Wildman–Crippen MR) is 130 cm³/mol. The molecule has 2 aliphatic heterocycles. The number of nitrogens with zero attached hydrogens (tertiary/aromatic N) is 4. The van der Waals surface area contributed by atoms with E-state index in [4.69, 9.17) is 22.1 Å². The molecule has 9 nitrogen and oxygen atoms in total. The molecule has 1 amide bonds. The number of hydrogen-bond acceptors (Lipinski definition) is 8. The van der Waals surface area contributed by atoms with Gasteiger partial charge in [0.25, 0.3) is 11.5 Å². The Morgan fingerprint density at radius 3 is 2.61 bits per heavy atom. The zero-order valence-electron chi connectivity index (χ0n) is 18.6. The summed E-state index contributed by atoms with van der Waals surface area (Å²) in [5, 5.41) is 18.6. The van der Waals surface area contributed by atoms with Gasteiger partial charge in [0.2, 0.25) is 0 Å². The number of rotatable bonds is 8. The van der Waals surface area contributed by atoms with Crippen molar-refractivity contribution in [3.8, 4) is 6.07 Å². The van der Waals surface area contributed by atoms with Crippen LogP contribution in [0.1, 0.15) is 42.9 Å². The molecule has 2 saturated heterocycles. The number of carboxylic acids is 1. The number of ether oxygens (including phenoxy) is 1. The molecule has 2 fully saturated rings. The van der Waals surface area contributed by atoms with Crippen LogP contribution in [0, 0.1) is 18.3 Å². The highest BCUT2D eigenvalue weighted by Crippen LogP contribution is 2.36. The number of nitriles is 1. The predicted octanol–water partition coefficient (Wildman–Crippen LogP) is 2.34. The lowest BCUT2D eigenvalue weighted by Crippen LogP contribution is -2.41. The molecule has 1 aromatic rings. The number of carbonyl (C=O) groups is 2. The van der Waals surface area contributed by atoms with Crippen molar-refractivity contribution in [2.45, 2.75) is 39.7 Å². The van der Waals surface area contributed by atoms with E-state index in [2.05, 4.69) is 4.90 Å². The van der Waals surface area contributed by atoms with Gasteiger partial charge >= 0.3 is 5.97 Å². The highest BCUT2D eigenvalue weighted by molar-refractivity contribution is 8.26. The molecule has 0 spiro atoms. The van der Waals surface area contributed by atoms with E-state index in [1.807, 2.05) is 13.0 Å². The maximum atomic E-state index is 13.1. The largest absolute Gasteiger partial charge is 0.481 e. The Morgan fingerprint density at radius 2 is 2.00 bits per heavy atom. The summed E-state index contributed by atoms with van der Waals surface area (Å²) in [6.45, 7) is 6.56. The maximum absolute atomic E-state index is 13.1. The van der Waals surface area contributed by atoms with E-state index < -0.39 is 5.97 Å². The summed E-state index contributed by atoms with van der Waals surface area (Å²) in [6, 6.07) is 2.04. The molecular weight excluding hydrogens is 464 g/mol. The van der Waals surface area contributed by atoms with Gasteiger partial charge in [0.15, 0.2) is 0 Å². The highest BCUT2D eigenvalue weighted by Gasteiger charge is 2.33. The summed E-state index contributed by atoms with van der Waals surface area (Å²) in [5.41, 5.74) is 0.889. The van der Waals surface area contributed by atoms with E-state index in [1.165, 1.54) is 4.90 Å². The van der Waals surface area contributed by atoms with E-state index in [0.29, 0.717) is 71.9 Å². The van der Waals surface area contributed by atoms with Crippen LogP contribution < -0.4 is 10.5 Å². The fourth-order valence-electron chi connectivity index (χ4n) is 3.90. The lowest BCUT2D eigenvalue weighted by atomic mass is 10.0. The molecule has 0 radical (unpaired) electrons. The zero-order chi connectivity index (χ0) is 24.1. The van der Waals surface area contributed by atoms with Crippen LogP contribution in [0.2, 0.25) is 0 Å². The summed E-state index contributed by atoms with van der Waals surface area (Å²) in [6.07, 6.45) is 2.66. The second-order valence-corrected chi connectivity index (χ2v) is 9.41. The van der Waals surface area contributed by atoms with Crippen molar-refractivity contribution < 1.29 is 19.4 Å². The molecule has 33 heavy (non-hydrogen) atoms. The van der Waals surface area contributed by atoms with E-state index in [0.717, 1.165) is 11.8 Å². The molecule has 1 aromatic heterocycles. The molecule has 11 heteroatoms. The molecule has 0 aromatic carbocycles. The smallest absolute Gasteiger partial charge is 0.303 e. The Hall–Kier alpha value is -2.68. The first-order valence-electron chi connectivity index (χ1n) is 10.8. The number of morpholine rings is 1. The van der Waals surface area contributed by atoms with Gasteiger partial charge in [0, 0.05) is 38.2 Å². The van der Waals surface area contributed by atoms with E-state index >= 15 is 0 Å². The SMILES string of the molecule is CCCn1c(N2CCOCC2)c(/C=C2/SC(=S)N(CCCC(=O)O)C2=O)c(C)c(C#N)c1=O. The average molecular weight is 491 g/mol. The van der Waals surface area contributed by atoms with Crippen molar-refractivity contribution in [2.24, 2.45) is 0 Å². The molecule has 0 unspecified atom stereocenters. The van der Waals surface area contributed by atoms with Gasteiger partial charge in [-0.25, -0.2) is 0 Å². The Labute approximate surface area is 201 Å². The molecule has 0 saturated carbocycles. The third kappa shape index (κ3) is 5.29. The lowest BCUT2D eigenvalue weighted by Gasteiger charge is -2.33. The van der Waals surface area contributed by atoms with Crippen LogP contribution >= 0.6 is 24.0 Å². The number of anilines is 1. The number of pyridine rings is 1. The Kier molecular flexibility index (Phi) is 8.29. The molecule has 3 rings (SSSR count). The van der Waals surface area contributed by atoms with Crippen molar-refractivity contribution in [2.75, 3.05) is 37.7 Å². The number of hydrogen-bond donors (Lipinski definition) is 1. The number of thioether (sulfide) groups is 1. The first kappa shape index (κ1) is 25.0. The molecular formula is C22H26N4O5S2. The summed E-state index contributed by atoms with van der Waals surface area (Å²) in [7, 11) is 0. The molecule has 176 valence electrons. The van der Waals surface area contributed by atoms with E-state index in [9.17, 15) is 19.6 Å². The molecule has 0 aliphatic carbocycles. The fraction of sp³-hybridized carbons (Fsp3) is 0.500. The molecule has 2 aliphatic rings. The number of aromatic nitrogens is 1. The van der Waals surface area contributed by atoms with Gasteiger partial charge in [0.05, 0.1) is 18.1 Å². The zero-order valence-corrected chi connectivity index (χ0v) is 20.3. The number of carbonyl (C=O) groups excluding carboxylic acids is 1. The van der Waals surface area contributed by atoms with Crippen LogP contribution in [0.15, 0.2) is 9.70 Å². The summed E-state index contributed by atoms with van der Waals surface area (Å²) in [5.74, 6) is -0.545. The number of thiocarbonyl (C=S) groups is 1. The molecule has 0 atom stereocenters. The third-order valence-electron chi connectivity index (χ3n) is 5.53. The second kappa shape index (κ2) is 11.0. The molecule has 0 bridgehead atoms. The van der Waals surface area contributed by atoms with Crippen molar-refractivity contribution in [3.05, 3.63) is 31.9 Å². The second-order valence-electron chi connectivity index (χ2n) is 7.74. The highest BCUT2D eigenvalue weighted by atomic mass is 32.2. The fourth-order valence-corrected chi connectivity index (χ4v) is 5.19. The van der Waals surface area contributed by atoms with Crippen LogP contribution in [-0.2, 0) is 20.9 Å². The van der Waals surface area contributed by atoms with Crippen molar-refractivity contribution >= 4 is 52.1 Å². The van der Waals surface area contributed by atoms with Gasteiger partial charge in [-0.2, -0.15) is 5.26 Å². The van der Waals surface area contributed by atoms with Gasteiger partial charge in [-0.3, -0.25) is 23.9 Å². The summed E-state index contributed by atoms with van der Waals surface area (Å²) >= 11 is 6.51. The minimum atomic E-state index is -0.927. The topological polar surface area (TPSA) is 116 Å². The van der Waals surface area contributed by atoms with Gasteiger partial charge < -0.3 is 14.7 Å². The van der Waals surface area contributed by atoms with Crippen LogP contribution in [0.4, 0.5) is 5.82 Å². The van der Waals surface area contributed by atoms with Crippen LogP contribution in [0.3, 0.4) is 0 Å². The van der Waals surface area contributed by atoms with Gasteiger partial charge in [-0.05, 0) is 31.4 Å². The Morgan fingerprint density at radius 1 is 1.30 bits per heavy atom. The summed E-state index contributed by atoms with van der Waals surface area (Å²) in [4.78, 5) is 40.9. The molecule has 3 heterocycles. The quantitative estimate of drug-likeness (QED) is 0.433. The van der Waals surface area contributed by atoms with E-state index in [1.54, 1.807) is 17.6 Å². The van der Waals surface area contributed by atoms with Crippen LogP contribution in [0.5, 0.6) is 0 Å². The van der Waals surface area contributed by atoms with Gasteiger partial charge in [0.1, 0.15) is 21.8 Å². The first-order valence-corrected chi connectivity index (χ1v) is 12.0. The Bertz CT molecular complexity index is 1100. The van der Waals surface area contributed by atoms with Crippen molar-refractivity contribution in [3.63, 3.8) is 0 Å². The maximum Gasteiger partial charge on any atom is 0.303 e. The van der Waals surface area contributed by atoms with Crippen LogP contribution in [0.25, 0.3) is 6.08 Å². The van der Waals surface area contributed by atoms with Gasteiger partial charge in [-0.1, -0.05) is 30.9 Å². The first-order chi connectivity index (χ1) is 15.8. The van der Waals surface area contributed by atoms with Crippen molar-refractivity contribution in [1.29, 1.82) is 5.26 Å². The Balaban J connectivity index is 2.10. The lowest BCUT2D eigenvalue weighted by molar-refractivity contribution is -0.137. The van der Waals surface area contributed by atoms with E-state index in [-0.39, 0.29) is 30.0 Å². The minimum Gasteiger partial charge on any atom is -0.481 e. The van der Waals surface area contributed by atoms with Crippen molar-refractivity contribution in [1.82, 2.24) is 9.47 Å². The molecule has 1 N–H and O–H groups in total. The number of carboxylic acid groups (broad SMARTS) is 1. The summed E-state index contributed by atoms with van der Waals surface area (Å²) < 4.78 is 7.47. The average Bonchev–Trinajstić information content (AvgIpc) is 3.05. The van der Waals surface area contributed by atoms with Gasteiger partial charge in [-0.15, -0.1) is 0 Å². The monoisotopic (exact) mass is 490 g/mol. The third-order valence-corrected chi connectivity index (χ3v) is 6.90. The minimum absolute atomic E-state index is 0.0517. The normalized spacial score (nSPS) is 17.7. The van der Waals surface area contributed by atoms with Crippen LogP contribution in [-0.4, -0.2) is 63.6 Å². The standard InChI is InChI=1S/C22H26N4O5S2/c1-3-6-25-19(24-8-10-31-11-9-24)15(14(2)16(13-23)20(25)29)12-17-21(30)26(22(32)33-17)7-4-5-18(27)28/h12H,3-11H2,1-2H3,(H,27,28)/b17-12+. The number of aliphatic carboxylic acids is 1.